The molecule has 0 saturated heterocycles. The van der Waals surface area contributed by atoms with Gasteiger partial charge >= 0.3 is 17.7 Å². The number of nitrogens with two attached hydrogens (primary N) is 2. The molecule has 1 aromatic carbocycles. The predicted octanol–water partition coefficient (Wildman–Crippen LogP) is 3.45. The number of aliphatic carboxylic acids is 1. The van der Waals surface area contributed by atoms with E-state index in [0.29, 0.717) is 37.1 Å². The number of carbonyl (C=O) groups is 4. The zero-order chi connectivity index (χ0) is 34.5. The fourth-order valence-corrected chi connectivity index (χ4v) is 4.30. The number of carboxylic acids is 1. The monoisotopic (exact) mass is 633 g/mol. The van der Waals surface area contributed by atoms with E-state index in [4.69, 9.17) is 20.6 Å². The lowest BCUT2D eigenvalue weighted by molar-refractivity contribution is -0.142. The Morgan fingerprint density at radius 2 is 1.58 bits per heavy atom. The zero-order valence-electron chi connectivity index (χ0n) is 27.7. The van der Waals surface area contributed by atoms with E-state index < -0.39 is 47.6 Å². The number of carboxylic acid groups (broad SMARTS) is 1. The second-order valence-corrected chi connectivity index (χ2v) is 12.7. The van der Waals surface area contributed by atoms with Gasteiger partial charge in [0.15, 0.2) is 0 Å². The number of unbranched alkanes of at least 4 members (excludes halogenated alkanes) is 1. The molecule has 0 aliphatic rings. The highest BCUT2D eigenvalue weighted by molar-refractivity contribution is 5.93. The molecule has 0 unspecified atom stereocenters. The van der Waals surface area contributed by atoms with E-state index in [9.17, 15) is 29.1 Å². The van der Waals surface area contributed by atoms with Crippen LogP contribution in [0.4, 0.5) is 10.5 Å². The maximum absolute atomic E-state index is 12.9. The van der Waals surface area contributed by atoms with Crippen molar-refractivity contribution in [2.75, 3.05) is 12.3 Å². The first-order chi connectivity index (χ1) is 20.8. The summed E-state index contributed by atoms with van der Waals surface area (Å²) in [5.41, 5.74) is 12.0. The second kappa shape index (κ2) is 18.0. The number of nitrogens with one attached hydrogen (secondary N) is 3. The largest absolute Gasteiger partial charge is 0.480 e. The smallest absolute Gasteiger partial charge is 0.408 e. The van der Waals surface area contributed by atoms with Gasteiger partial charge in [-0.2, -0.15) is 0 Å². The quantitative estimate of drug-likeness (QED) is 0.107. The molecule has 0 aliphatic carbocycles. The summed E-state index contributed by atoms with van der Waals surface area (Å²) >= 11 is 0. The average molecular weight is 634 g/mol. The van der Waals surface area contributed by atoms with Crippen LogP contribution in [0.2, 0.25) is 0 Å². The van der Waals surface area contributed by atoms with E-state index in [1.54, 1.807) is 46.8 Å². The van der Waals surface area contributed by atoms with Crippen LogP contribution < -0.4 is 33.0 Å². The Kier molecular flexibility index (Phi) is 15.5. The first kappa shape index (κ1) is 38.9. The number of aryl methyl sites for hydroxylation is 1. The summed E-state index contributed by atoms with van der Waals surface area (Å²) in [6.45, 7) is 14.8. The predicted molar refractivity (Wildman–Crippen MR) is 173 cm³/mol. The van der Waals surface area contributed by atoms with Crippen LogP contribution >= 0.6 is 0 Å². The first-order valence-electron chi connectivity index (χ1n) is 15.2. The molecule has 0 saturated carbocycles. The van der Waals surface area contributed by atoms with Gasteiger partial charge in [0.2, 0.25) is 11.8 Å². The van der Waals surface area contributed by atoms with Crippen molar-refractivity contribution in [3.05, 3.63) is 40.2 Å². The number of carbonyl (C=O) groups excluding carboxylic acids is 3. The van der Waals surface area contributed by atoms with Crippen molar-refractivity contribution in [2.45, 2.75) is 105 Å². The number of fused-ring (bicyclic) bond motifs is 1. The number of anilines is 1. The van der Waals surface area contributed by atoms with Crippen molar-refractivity contribution in [3.63, 3.8) is 0 Å². The molecule has 0 aliphatic heterocycles. The maximum atomic E-state index is 12.9. The van der Waals surface area contributed by atoms with Gasteiger partial charge < -0.3 is 41.7 Å². The van der Waals surface area contributed by atoms with Crippen LogP contribution in [0.15, 0.2) is 33.5 Å². The topological polar surface area (TPSA) is 216 Å². The lowest BCUT2D eigenvalue weighted by atomic mass is 9.99. The van der Waals surface area contributed by atoms with Crippen molar-refractivity contribution in [1.82, 2.24) is 16.0 Å². The van der Waals surface area contributed by atoms with Crippen molar-refractivity contribution in [1.29, 1.82) is 0 Å². The van der Waals surface area contributed by atoms with Gasteiger partial charge in [0.25, 0.3) is 0 Å². The van der Waals surface area contributed by atoms with E-state index in [1.165, 1.54) is 6.07 Å². The highest BCUT2D eigenvalue weighted by Gasteiger charge is 2.32. The molecule has 0 bridgehead atoms. The summed E-state index contributed by atoms with van der Waals surface area (Å²) in [5.74, 6) is -2.47. The fraction of sp³-hybridized carbons (Fsp3) is 0.594. The van der Waals surface area contributed by atoms with Gasteiger partial charge in [0.05, 0.1) is 0 Å². The van der Waals surface area contributed by atoms with Gasteiger partial charge in [-0.1, -0.05) is 27.7 Å². The minimum Gasteiger partial charge on any atom is -0.480 e. The minimum absolute atomic E-state index is 0.0582. The first-order valence-corrected chi connectivity index (χ1v) is 15.2. The molecule has 1 heterocycles. The number of ether oxygens (including phenoxy) is 1. The van der Waals surface area contributed by atoms with Gasteiger partial charge in [-0.3, -0.25) is 9.59 Å². The Labute approximate surface area is 264 Å². The summed E-state index contributed by atoms with van der Waals surface area (Å²) in [6, 6.07) is 3.83. The maximum Gasteiger partial charge on any atom is 0.408 e. The Hall–Kier alpha value is -4.13. The molecule has 0 fully saturated rings. The Morgan fingerprint density at radius 1 is 0.956 bits per heavy atom. The summed E-state index contributed by atoms with van der Waals surface area (Å²) in [4.78, 5) is 60.5. The molecule has 13 nitrogen and oxygen atoms in total. The SMILES string of the molecule is CC(C)C[C@H](NC(=O)[C@@H](NC(=O)OC(C)(C)C)C(C)C)C(=O)N[C@@H](CCCCN)C(=O)O.Cc1cc(=O)oc2cc(N)ccc12. The Balaban J connectivity index is 0.000000635. The van der Waals surface area contributed by atoms with Gasteiger partial charge in [0.1, 0.15) is 29.3 Å². The van der Waals surface area contributed by atoms with Crippen molar-refractivity contribution in [3.8, 4) is 0 Å². The number of nitrogen functional groups attached to an aromatic ring is 1. The van der Waals surface area contributed by atoms with Gasteiger partial charge in [0, 0.05) is 23.2 Å². The molecule has 45 heavy (non-hydrogen) atoms. The van der Waals surface area contributed by atoms with Gasteiger partial charge in [-0.15, -0.1) is 0 Å². The third-order valence-corrected chi connectivity index (χ3v) is 6.50. The van der Waals surface area contributed by atoms with Crippen LogP contribution in [-0.4, -0.2) is 59.3 Å². The molecule has 3 amide bonds. The third-order valence-electron chi connectivity index (χ3n) is 6.50. The minimum atomic E-state index is -1.14. The van der Waals surface area contributed by atoms with Crippen molar-refractivity contribution in [2.24, 2.45) is 17.6 Å². The van der Waals surface area contributed by atoms with Gasteiger partial charge in [-0.25, -0.2) is 14.4 Å². The second-order valence-electron chi connectivity index (χ2n) is 12.7. The van der Waals surface area contributed by atoms with Crippen LogP contribution in [0.3, 0.4) is 0 Å². The fourth-order valence-electron chi connectivity index (χ4n) is 4.30. The highest BCUT2D eigenvalue weighted by atomic mass is 16.6. The Morgan fingerprint density at radius 3 is 2.11 bits per heavy atom. The summed E-state index contributed by atoms with van der Waals surface area (Å²) in [6.07, 6.45) is 1.03. The third kappa shape index (κ3) is 14.5. The molecular formula is C32H51N5O8. The number of hydrogen-bond acceptors (Lipinski definition) is 9. The number of amides is 3. The summed E-state index contributed by atoms with van der Waals surface area (Å²) in [5, 5.41) is 18.1. The molecule has 13 heteroatoms. The van der Waals surface area contributed by atoms with Crippen LogP contribution in [0, 0.1) is 18.8 Å². The molecule has 252 valence electrons. The molecule has 8 N–H and O–H groups in total. The van der Waals surface area contributed by atoms with Gasteiger partial charge in [-0.05, 0) is 89.5 Å². The van der Waals surface area contributed by atoms with E-state index >= 15 is 0 Å². The molecule has 0 radical (unpaired) electrons. The van der Waals surface area contributed by atoms with Crippen LogP contribution in [0.5, 0.6) is 0 Å². The normalized spacial score (nSPS) is 13.3. The molecular weight excluding hydrogens is 582 g/mol. The Bertz CT molecular complexity index is 1350. The van der Waals surface area contributed by atoms with Crippen LogP contribution in [0.25, 0.3) is 11.0 Å². The number of benzene rings is 1. The highest BCUT2D eigenvalue weighted by Crippen LogP contribution is 2.18. The standard InChI is InChI=1S/C22H42N4O6.C10H9NO2/c1-13(2)12-16(18(27)24-15(20(29)30)10-8-9-11-23)25-19(28)17(14(3)4)26-21(31)32-22(5,6)7;1-6-4-10(12)13-9-5-7(11)2-3-8(6)9/h13-17H,8-12,23H2,1-7H3,(H,24,27)(H,25,28)(H,26,31)(H,29,30);2-5H,11H2,1H3/t15-,16-,17-;/m0./s1. The van der Waals surface area contributed by atoms with E-state index in [-0.39, 0.29) is 23.9 Å². The number of alkyl carbamates (subject to hydrolysis) is 1. The zero-order valence-corrected chi connectivity index (χ0v) is 27.7. The van der Waals surface area contributed by atoms with E-state index in [1.807, 2.05) is 26.8 Å². The lowest BCUT2D eigenvalue weighted by Gasteiger charge is -2.28. The number of rotatable bonds is 13. The van der Waals surface area contributed by atoms with E-state index in [2.05, 4.69) is 16.0 Å². The molecule has 1 aromatic heterocycles. The average Bonchev–Trinajstić information content (AvgIpc) is 2.89. The summed E-state index contributed by atoms with van der Waals surface area (Å²) < 4.78 is 10.2. The van der Waals surface area contributed by atoms with Crippen molar-refractivity contribution < 1.29 is 33.4 Å². The van der Waals surface area contributed by atoms with E-state index in [0.717, 1.165) is 10.9 Å². The molecule has 0 spiro atoms. The molecule has 3 atom stereocenters. The number of hydrogen-bond donors (Lipinski definition) is 6. The van der Waals surface area contributed by atoms with Crippen LogP contribution in [-0.2, 0) is 19.1 Å². The summed E-state index contributed by atoms with van der Waals surface area (Å²) in [7, 11) is 0. The van der Waals surface area contributed by atoms with Crippen molar-refractivity contribution >= 4 is 40.5 Å². The molecule has 2 aromatic rings. The molecule has 2 rings (SSSR count). The lowest BCUT2D eigenvalue weighted by Crippen LogP contribution is -2.57. The van der Waals surface area contributed by atoms with Crippen LogP contribution in [0.1, 0.15) is 79.7 Å².